The smallest absolute Gasteiger partial charge is 0.251 e. The molecule has 28 heavy (non-hydrogen) atoms. The molecule has 2 N–H and O–H groups in total. The number of amides is 1. The first-order valence-electron chi connectivity index (χ1n) is 9.19. The number of ether oxygens (including phenoxy) is 1. The van der Waals surface area contributed by atoms with Gasteiger partial charge < -0.3 is 15.2 Å². The van der Waals surface area contributed by atoms with Gasteiger partial charge in [-0.15, -0.1) is 0 Å². The summed E-state index contributed by atoms with van der Waals surface area (Å²) in [6.07, 6.45) is 1.36. The maximum atomic E-state index is 12.3. The van der Waals surface area contributed by atoms with Crippen LogP contribution in [0.15, 0.2) is 48.5 Å². The van der Waals surface area contributed by atoms with Crippen LogP contribution in [-0.4, -0.2) is 30.5 Å². The van der Waals surface area contributed by atoms with Crippen LogP contribution in [0.2, 0.25) is 0 Å². The van der Waals surface area contributed by atoms with E-state index in [0.29, 0.717) is 47.2 Å². The van der Waals surface area contributed by atoms with Crippen LogP contribution >= 0.6 is 0 Å². The number of hydrogen-bond donors (Lipinski definition) is 2. The van der Waals surface area contributed by atoms with Crippen molar-refractivity contribution in [1.82, 2.24) is 5.32 Å². The van der Waals surface area contributed by atoms with Crippen molar-refractivity contribution in [2.24, 2.45) is 0 Å². The average Bonchev–Trinajstić information content (AvgIpc) is 2.68. The second-order valence-electron chi connectivity index (χ2n) is 6.75. The van der Waals surface area contributed by atoms with Gasteiger partial charge in [-0.2, -0.15) is 0 Å². The zero-order valence-electron chi connectivity index (χ0n) is 16.0. The molecule has 0 aliphatic rings. The molecule has 0 saturated carbocycles. The fourth-order valence-electron chi connectivity index (χ4n) is 3.19. The summed E-state index contributed by atoms with van der Waals surface area (Å²) in [5.74, 6) is 0.268. The Balaban J connectivity index is 1.55. The van der Waals surface area contributed by atoms with Crippen molar-refractivity contribution in [2.75, 3.05) is 13.2 Å². The molecule has 0 unspecified atom stereocenters. The fourth-order valence-corrected chi connectivity index (χ4v) is 3.19. The molecule has 0 aliphatic carbocycles. The second-order valence-corrected chi connectivity index (χ2v) is 6.75. The highest BCUT2D eigenvalue weighted by Crippen LogP contribution is 2.35. The molecule has 3 rings (SSSR count). The van der Waals surface area contributed by atoms with Crippen molar-refractivity contribution in [2.45, 2.75) is 20.3 Å². The third-order valence-corrected chi connectivity index (χ3v) is 4.65. The monoisotopic (exact) mass is 377 g/mol. The Kier molecular flexibility index (Phi) is 5.94. The standard InChI is InChI=1S/C23H23NO4/c1-15-7-8-18(16(2)13-15)23(27)24-11-4-12-28-21-10-9-19-17(14-25)5-3-6-20(19)22(21)26/h3,5-10,13-14,26H,4,11-12H2,1-2H3,(H,24,27). The number of benzene rings is 3. The van der Waals surface area contributed by atoms with E-state index in [9.17, 15) is 14.7 Å². The van der Waals surface area contributed by atoms with E-state index in [1.54, 1.807) is 30.3 Å². The van der Waals surface area contributed by atoms with Gasteiger partial charge in [-0.1, -0.05) is 35.9 Å². The van der Waals surface area contributed by atoms with E-state index in [2.05, 4.69) is 5.32 Å². The molecule has 0 radical (unpaired) electrons. The van der Waals surface area contributed by atoms with Gasteiger partial charge in [0.05, 0.1) is 6.61 Å². The first-order valence-corrected chi connectivity index (χ1v) is 9.19. The number of aryl methyl sites for hydroxylation is 2. The van der Waals surface area contributed by atoms with Crippen LogP contribution in [0, 0.1) is 13.8 Å². The lowest BCUT2D eigenvalue weighted by Crippen LogP contribution is -2.26. The molecule has 0 spiro atoms. The van der Waals surface area contributed by atoms with Crippen molar-refractivity contribution in [3.8, 4) is 11.5 Å². The van der Waals surface area contributed by atoms with Gasteiger partial charge in [0.2, 0.25) is 0 Å². The number of fused-ring (bicyclic) bond motifs is 1. The summed E-state index contributed by atoms with van der Waals surface area (Å²) in [5.41, 5.74) is 3.26. The lowest BCUT2D eigenvalue weighted by atomic mass is 10.0. The predicted octanol–water partition coefficient (Wildman–Crippen LogP) is 4.17. The van der Waals surface area contributed by atoms with Crippen LogP contribution in [-0.2, 0) is 0 Å². The maximum absolute atomic E-state index is 12.3. The molecule has 0 aliphatic heterocycles. The molecule has 0 aromatic heterocycles. The van der Waals surface area contributed by atoms with Crippen LogP contribution < -0.4 is 10.1 Å². The van der Waals surface area contributed by atoms with E-state index in [1.807, 2.05) is 32.0 Å². The number of carbonyl (C=O) groups is 2. The summed E-state index contributed by atoms with van der Waals surface area (Å²) in [6.45, 7) is 4.73. The lowest BCUT2D eigenvalue weighted by molar-refractivity contribution is 0.0950. The molecule has 0 bridgehead atoms. The van der Waals surface area contributed by atoms with Crippen molar-refractivity contribution in [1.29, 1.82) is 0 Å². The van der Waals surface area contributed by atoms with Gasteiger partial charge in [0.1, 0.15) is 0 Å². The minimum absolute atomic E-state index is 0.0144. The molecule has 1 amide bonds. The van der Waals surface area contributed by atoms with Gasteiger partial charge in [-0.25, -0.2) is 0 Å². The van der Waals surface area contributed by atoms with Crippen LogP contribution in [0.4, 0.5) is 0 Å². The molecule has 0 heterocycles. The molecular formula is C23H23NO4. The number of nitrogens with one attached hydrogen (secondary N) is 1. The summed E-state index contributed by atoms with van der Waals surface area (Å²) in [4.78, 5) is 23.4. The Morgan fingerprint density at radius 1 is 1.11 bits per heavy atom. The molecule has 144 valence electrons. The summed E-state index contributed by atoms with van der Waals surface area (Å²) in [6, 6.07) is 14.3. The van der Waals surface area contributed by atoms with E-state index < -0.39 is 0 Å². The first-order chi connectivity index (χ1) is 13.5. The van der Waals surface area contributed by atoms with Crippen molar-refractivity contribution in [3.63, 3.8) is 0 Å². The Labute approximate surface area is 164 Å². The minimum Gasteiger partial charge on any atom is -0.504 e. The molecule has 0 fully saturated rings. The zero-order chi connectivity index (χ0) is 20.1. The van der Waals surface area contributed by atoms with Crippen molar-refractivity contribution in [3.05, 3.63) is 70.8 Å². The van der Waals surface area contributed by atoms with E-state index >= 15 is 0 Å². The number of rotatable bonds is 7. The Hall–Kier alpha value is -3.34. The number of hydrogen-bond acceptors (Lipinski definition) is 4. The van der Waals surface area contributed by atoms with Gasteiger partial charge >= 0.3 is 0 Å². The number of aromatic hydroxyl groups is 1. The fraction of sp³-hybridized carbons (Fsp3) is 0.217. The summed E-state index contributed by atoms with van der Waals surface area (Å²) < 4.78 is 5.66. The van der Waals surface area contributed by atoms with Crippen LogP contribution in [0.3, 0.4) is 0 Å². The van der Waals surface area contributed by atoms with Gasteiger partial charge in [0, 0.05) is 23.1 Å². The van der Waals surface area contributed by atoms with Gasteiger partial charge in [-0.05, 0) is 49.4 Å². The van der Waals surface area contributed by atoms with E-state index in [-0.39, 0.29) is 11.7 Å². The summed E-state index contributed by atoms with van der Waals surface area (Å²) in [7, 11) is 0. The molecule has 0 atom stereocenters. The van der Waals surface area contributed by atoms with Crippen LogP contribution in [0.25, 0.3) is 10.8 Å². The molecule has 3 aromatic rings. The minimum atomic E-state index is -0.104. The number of phenolic OH excluding ortho intramolecular Hbond substituents is 1. The highest BCUT2D eigenvalue weighted by Gasteiger charge is 2.11. The van der Waals surface area contributed by atoms with Crippen LogP contribution in [0.1, 0.15) is 38.3 Å². The maximum Gasteiger partial charge on any atom is 0.251 e. The molecule has 5 heteroatoms. The van der Waals surface area contributed by atoms with Crippen molar-refractivity contribution < 1.29 is 19.4 Å². The molecular weight excluding hydrogens is 354 g/mol. The summed E-state index contributed by atoms with van der Waals surface area (Å²) >= 11 is 0. The topological polar surface area (TPSA) is 75.6 Å². The Morgan fingerprint density at radius 2 is 1.93 bits per heavy atom. The zero-order valence-corrected chi connectivity index (χ0v) is 16.0. The Bertz CT molecular complexity index is 1030. The largest absolute Gasteiger partial charge is 0.504 e. The number of phenols is 1. The highest BCUT2D eigenvalue weighted by atomic mass is 16.5. The van der Waals surface area contributed by atoms with E-state index in [0.717, 1.165) is 17.4 Å². The quantitative estimate of drug-likeness (QED) is 0.479. The average molecular weight is 377 g/mol. The van der Waals surface area contributed by atoms with Gasteiger partial charge in [0.15, 0.2) is 17.8 Å². The second kappa shape index (κ2) is 8.57. The highest BCUT2D eigenvalue weighted by molar-refractivity contribution is 6.01. The van der Waals surface area contributed by atoms with E-state index in [1.165, 1.54) is 0 Å². The normalized spacial score (nSPS) is 10.6. The summed E-state index contributed by atoms with van der Waals surface area (Å²) in [5, 5.41) is 14.5. The van der Waals surface area contributed by atoms with Crippen LogP contribution in [0.5, 0.6) is 11.5 Å². The molecule has 5 nitrogen and oxygen atoms in total. The Morgan fingerprint density at radius 3 is 2.68 bits per heavy atom. The van der Waals surface area contributed by atoms with Gasteiger partial charge in [-0.3, -0.25) is 9.59 Å². The van der Waals surface area contributed by atoms with E-state index in [4.69, 9.17) is 4.74 Å². The van der Waals surface area contributed by atoms with Gasteiger partial charge in [0.25, 0.3) is 5.91 Å². The molecule has 3 aromatic carbocycles. The molecule has 0 saturated heterocycles. The van der Waals surface area contributed by atoms with Crippen molar-refractivity contribution >= 4 is 23.0 Å². The predicted molar refractivity (Wildman–Crippen MR) is 109 cm³/mol. The third kappa shape index (κ3) is 4.14. The third-order valence-electron chi connectivity index (χ3n) is 4.65. The first kappa shape index (κ1) is 19.4. The number of carbonyl (C=O) groups excluding carboxylic acids is 2. The number of aldehydes is 1. The lowest BCUT2D eigenvalue weighted by Gasteiger charge is -2.12. The SMILES string of the molecule is Cc1ccc(C(=O)NCCCOc2ccc3c(C=O)cccc3c2O)c(C)c1.